The predicted octanol–water partition coefficient (Wildman–Crippen LogP) is 2.58. The highest BCUT2D eigenvalue weighted by molar-refractivity contribution is 5.69. The molecule has 1 aliphatic heterocycles. The Bertz CT molecular complexity index is 1020. The first-order valence-corrected chi connectivity index (χ1v) is 9.46. The first-order chi connectivity index (χ1) is 14.5. The van der Waals surface area contributed by atoms with E-state index in [2.05, 4.69) is 6.07 Å². The van der Waals surface area contributed by atoms with Crippen molar-refractivity contribution in [1.29, 1.82) is 15.8 Å². The van der Waals surface area contributed by atoms with Crippen LogP contribution in [-0.4, -0.2) is 37.8 Å². The second kappa shape index (κ2) is 8.19. The van der Waals surface area contributed by atoms with Gasteiger partial charge in [-0.05, 0) is 30.2 Å². The fourth-order valence-electron chi connectivity index (χ4n) is 4.19. The number of allylic oxidation sites excluding steroid dienone is 2. The number of fused-ring (bicyclic) bond motifs is 1. The van der Waals surface area contributed by atoms with E-state index in [0.29, 0.717) is 11.3 Å². The molecule has 1 aromatic rings. The lowest BCUT2D eigenvalue weighted by Gasteiger charge is -2.44. The molecule has 1 aromatic carbocycles. The quantitative estimate of drug-likeness (QED) is 0.766. The third-order valence-electron chi connectivity index (χ3n) is 5.65. The molecule has 2 atom stereocenters. The number of carbonyl (C=O) groups is 1. The summed E-state index contributed by atoms with van der Waals surface area (Å²) in [6.45, 7) is 2.35. The van der Waals surface area contributed by atoms with E-state index in [1.165, 1.54) is 4.90 Å². The van der Waals surface area contributed by atoms with Gasteiger partial charge in [0.05, 0.1) is 43.2 Å². The highest BCUT2D eigenvalue weighted by Crippen LogP contribution is 2.52. The summed E-state index contributed by atoms with van der Waals surface area (Å²) < 4.78 is 10.3. The lowest BCUT2D eigenvalue weighted by molar-refractivity contribution is 0.102. The molecule has 152 valence electrons. The van der Waals surface area contributed by atoms with Crippen molar-refractivity contribution in [2.24, 2.45) is 17.1 Å². The van der Waals surface area contributed by atoms with Crippen molar-refractivity contribution in [1.82, 2.24) is 4.90 Å². The van der Waals surface area contributed by atoms with E-state index >= 15 is 0 Å². The Balaban J connectivity index is 2.20. The molecular formula is C22H21N5O3. The van der Waals surface area contributed by atoms with Gasteiger partial charge in [-0.3, -0.25) is 0 Å². The molecule has 0 saturated heterocycles. The molecule has 1 aliphatic carbocycles. The molecule has 8 heteroatoms. The third-order valence-corrected chi connectivity index (χ3v) is 5.65. The monoisotopic (exact) mass is 403 g/mol. The number of hydrogen-bond donors (Lipinski definition) is 1. The number of rotatable bonds is 3. The first-order valence-electron chi connectivity index (χ1n) is 9.46. The normalized spacial score (nSPS) is 22.0. The van der Waals surface area contributed by atoms with Crippen LogP contribution in [0.3, 0.4) is 0 Å². The molecule has 0 unspecified atom stereocenters. The van der Waals surface area contributed by atoms with E-state index in [4.69, 9.17) is 15.2 Å². The topological polar surface area (TPSA) is 136 Å². The van der Waals surface area contributed by atoms with Gasteiger partial charge in [0.2, 0.25) is 5.41 Å². The SMILES string of the molecule is CCOC(=O)N1CC=C2[C@@H](C1)[C@@H](c1ccc(OC)cc1)C(C#N)=C(N)C2(C#N)C#N. The Kier molecular flexibility index (Phi) is 5.67. The summed E-state index contributed by atoms with van der Waals surface area (Å²) in [6, 6.07) is 13.3. The zero-order valence-corrected chi connectivity index (χ0v) is 16.8. The Morgan fingerprint density at radius 1 is 1.27 bits per heavy atom. The molecule has 30 heavy (non-hydrogen) atoms. The smallest absolute Gasteiger partial charge is 0.410 e. The molecule has 8 nitrogen and oxygen atoms in total. The standard InChI is InChI=1S/C22H21N5O3/c1-3-30-21(28)27-9-8-18-17(11-27)19(14-4-6-15(29-2)7-5-14)16(10-23)20(26)22(18,12-24)13-25/h4-8,17,19H,3,9,11,26H2,1-2H3/t17-,19+/m1/s1. The van der Waals surface area contributed by atoms with Gasteiger partial charge >= 0.3 is 6.09 Å². The zero-order chi connectivity index (χ0) is 21.9. The van der Waals surface area contributed by atoms with Gasteiger partial charge in [0.15, 0.2) is 0 Å². The number of benzene rings is 1. The largest absolute Gasteiger partial charge is 0.497 e. The average Bonchev–Trinajstić information content (AvgIpc) is 2.78. The summed E-state index contributed by atoms with van der Waals surface area (Å²) in [6.07, 6.45) is 1.21. The Labute approximate surface area is 175 Å². The summed E-state index contributed by atoms with van der Waals surface area (Å²) in [5.74, 6) is -0.335. The second-order valence-corrected chi connectivity index (χ2v) is 7.03. The first kappa shape index (κ1) is 20.8. The van der Waals surface area contributed by atoms with Gasteiger partial charge in [0.25, 0.3) is 0 Å². The number of carbonyl (C=O) groups excluding carboxylic acids is 1. The summed E-state index contributed by atoms with van der Waals surface area (Å²) in [7, 11) is 1.56. The van der Waals surface area contributed by atoms with Crippen LogP contribution in [0.4, 0.5) is 4.79 Å². The summed E-state index contributed by atoms with van der Waals surface area (Å²) in [5, 5.41) is 29.7. The van der Waals surface area contributed by atoms with Crippen LogP contribution in [0.15, 0.2) is 47.2 Å². The van der Waals surface area contributed by atoms with E-state index in [1.54, 1.807) is 32.2 Å². The maximum Gasteiger partial charge on any atom is 0.410 e. The van der Waals surface area contributed by atoms with Crippen molar-refractivity contribution in [2.45, 2.75) is 12.8 Å². The predicted molar refractivity (Wildman–Crippen MR) is 106 cm³/mol. The third kappa shape index (κ3) is 3.11. The van der Waals surface area contributed by atoms with E-state index in [0.717, 1.165) is 5.56 Å². The van der Waals surface area contributed by atoms with E-state index in [9.17, 15) is 20.6 Å². The van der Waals surface area contributed by atoms with Crippen LogP contribution in [0.2, 0.25) is 0 Å². The highest BCUT2D eigenvalue weighted by atomic mass is 16.6. The van der Waals surface area contributed by atoms with Gasteiger partial charge in [-0.1, -0.05) is 18.2 Å². The molecule has 0 saturated carbocycles. The van der Waals surface area contributed by atoms with Gasteiger partial charge in [-0.15, -0.1) is 0 Å². The van der Waals surface area contributed by atoms with Crippen LogP contribution in [0.5, 0.6) is 5.75 Å². The minimum Gasteiger partial charge on any atom is -0.497 e. The van der Waals surface area contributed by atoms with Crippen molar-refractivity contribution in [3.8, 4) is 24.0 Å². The molecule has 0 spiro atoms. The van der Waals surface area contributed by atoms with Crippen LogP contribution in [0, 0.1) is 45.3 Å². The Morgan fingerprint density at radius 2 is 1.93 bits per heavy atom. The van der Waals surface area contributed by atoms with Gasteiger partial charge in [0, 0.05) is 24.9 Å². The fraction of sp³-hybridized carbons (Fsp3) is 0.364. The van der Waals surface area contributed by atoms with Gasteiger partial charge in [0.1, 0.15) is 5.75 Å². The minimum absolute atomic E-state index is 0.0529. The van der Waals surface area contributed by atoms with E-state index in [-0.39, 0.29) is 31.0 Å². The zero-order valence-electron chi connectivity index (χ0n) is 16.8. The average molecular weight is 403 g/mol. The van der Waals surface area contributed by atoms with Crippen molar-refractivity contribution in [3.63, 3.8) is 0 Å². The molecule has 3 rings (SSSR count). The number of nitriles is 3. The summed E-state index contributed by atoms with van der Waals surface area (Å²) in [4.78, 5) is 13.8. The number of nitrogens with zero attached hydrogens (tertiary/aromatic N) is 4. The molecule has 1 amide bonds. The number of amides is 1. The highest BCUT2D eigenvalue weighted by Gasteiger charge is 2.53. The summed E-state index contributed by atoms with van der Waals surface area (Å²) in [5.41, 5.74) is 5.94. The van der Waals surface area contributed by atoms with Gasteiger partial charge in [-0.25, -0.2) is 4.79 Å². The molecule has 0 radical (unpaired) electrons. The van der Waals surface area contributed by atoms with Crippen LogP contribution in [0.1, 0.15) is 18.4 Å². The fourth-order valence-corrected chi connectivity index (χ4v) is 4.19. The van der Waals surface area contributed by atoms with Gasteiger partial charge in [-0.2, -0.15) is 15.8 Å². The Morgan fingerprint density at radius 3 is 2.47 bits per heavy atom. The maximum absolute atomic E-state index is 12.3. The molecule has 2 aliphatic rings. The molecule has 1 heterocycles. The van der Waals surface area contributed by atoms with Crippen molar-refractivity contribution in [3.05, 3.63) is 52.7 Å². The Hall–Kier alpha value is -3.96. The lowest BCUT2D eigenvalue weighted by Crippen LogP contribution is -2.48. The molecular weight excluding hydrogens is 382 g/mol. The molecule has 0 fully saturated rings. The van der Waals surface area contributed by atoms with Crippen LogP contribution >= 0.6 is 0 Å². The van der Waals surface area contributed by atoms with Crippen molar-refractivity contribution >= 4 is 6.09 Å². The lowest BCUT2D eigenvalue weighted by atomic mass is 9.60. The van der Waals surface area contributed by atoms with Crippen molar-refractivity contribution in [2.75, 3.05) is 26.8 Å². The number of ether oxygens (including phenoxy) is 2. The number of methoxy groups -OCH3 is 1. The molecule has 0 aromatic heterocycles. The molecule has 2 N–H and O–H groups in total. The molecule has 0 bridgehead atoms. The van der Waals surface area contributed by atoms with Crippen LogP contribution < -0.4 is 10.5 Å². The maximum atomic E-state index is 12.3. The van der Waals surface area contributed by atoms with Gasteiger partial charge < -0.3 is 20.1 Å². The van der Waals surface area contributed by atoms with E-state index < -0.39 is 23.3 Å². The minimum atomic E-state index is -1.74. The van der Waals surface area contributed by atoms with Crippen LogP contribution in [0.25, 0.3) is 0 Å². The van der Waals surface area contributed by atoms with Crippen molar-refractivity contribution < 1.29 is 14.3 Å². The van der Waals surface area contributed by atoms with E-state index in [1.807, 2.05) is 24.3 Å². The number of nitrogens with two attached hydrogens (primary N) is 1. The number of hydrogen-bond acceptors (Lipinski definition) is 7. The second-order valence-electron chi connectivity index (χ2n) is 7.03. The summed E-state index contributed by atoms with van der Waals surface area (Å²) >= 11 is 0. The van der Waals surface area contributed by atoms with Crippen LogP contribution in [-0.2, 0) is 4.74 Å².